The summed E-state index contributed by atoms with van der Waals surface area (Å²) in [6.45, 7) is 4.57. The average Bonchev–Trinajstić information content (AvgIpc) is 2.48. The average molecular weight is 268 g/mol. The zero-order valence-electron chi connectivity index (χ0n) is 11.9. The summed E-state index contributed by atoms with van der Waals surface area (Å²) >= 11 is 0. The van der Waals surface area contributed by atoms with Crippen molar-refractivity contribution in [3.05, 3.63) is 42.1 Å². The van der Waals surface area contributed by atoms with Crippen LogP contribution in [0.2, 0.25) is 0 Å². The molecule has 1 saturated heterocycles. The molecular formula is C17H20N2O. The van der Waals surface area contributed by atoms with Crippen molar-refractivity contribution >= 4 is 16.7 Å². The minimum atomic E-state index is 0.215. The number of para-hydroxylation sites is 1. The molecule has 2 aromatic rings. The van der Waals surface area contributed by atoms with Crippen LogP contribution in [0.4, 0.5) is 0 Å². The number of carbonyl (C=O) groups excluding carboxylic acids is 1. The molecule has 0 radical (unpaired) electrons. The molecule has 104 valence electrons. The van der Waals surface area contributed by atoms with Crippen molar-refractivity contribution in [2.75, 3.05) is 13.1 Å². The van der Waals surface area contributed by atoms with Crippen LogP contribution in [0.3, 0.4) is 0 Å². The summed E-state index contributed by atoms with van der Waals surface area (Å²) in [4.78, 5) is 18.5. The third-order valence-corrected chi connectivity index (χ3v) is 4.19. The van der Waals surface area contributed by atoms with Crippen molar-refractivity contribution in [1.29, 1.82) is 0 Å². The normalized spacial score (nSPS) is 20.1. The second-order valence-electron chi connectivity index (χ2n) is 5.68. The van der Waals surface area contributed by atoms with Crippen molar-refractivity contribution in [1.82, 2.24) is 9.88 Å². The van der Waals surface area contributed by atoms with Crippen LogP contribution in [0.25, 0.3) is 10.9 Å². The van der Waals surface area contributed by atoms with E-state index in [0.717, 1.165) is 38.0 Å². The first kappa shape index (κ1) is 13.3. The third-order valence-electron chi connectivity index (χ3n) is 4.19. The number of fused-ring (bicyclic) bond motifs is 1. The number of pyridine rings is 1. The third kappa shape index (κ3) is 2.73. The van der Waals surface area contributed by atoms with Crippen LogP contribution in [0.1, 0.15) is 25.3 Å². The zero-order chi connectivity index (χ0) is 13.9. The predicted octanol–water partition coefficient (Wildman–Crippen LogP) is 3.04. The van der Waals surface area contributed by atoms with Gasteiger partial charge in [0.15, 0.2) is 0 Å². The number of hydrogen-bond acceptors (Lipinski definition) is 3. The summed E-state index contributed by atoms with van der Waals surface area (Å²) in [5, 5.41) is 1.19. The number of aromatic nitrogens is 1. The lowest BCUT2D eigenvalue weighted by Gasteiger charge is -2.31. The van der Waals surface area contributed by atoms with Gasteiger partial charge in [0.2, 0.25) is 0 Å². The van der Waals surface area contributed by atoms with Gasteiger partial charge in [-0.15, -0.1) is 0 Å². The molecule has 0 aliphatic carbocycles. The molecule has 3 rings (SSSR count). The van der Waals surface area contributed by atoms with Gasteiger partial charge in [-0.05, 0) is 37.9 Å². The van der Waals surface area contributed by atoms with Crippen LogP contribution in [0.15, 0.2) is 36.5 Å². The van der Waals surface area contributed by atoms with E-state index in [1.165, 1.54) is 10.9 Å². The molecule has 0 bridgehead atoms. The molecule has 2 heterocycles. The Balaban J connectivity index is 1.81. The van der Waals surface area contributed by atoms with E-state index in [4.69, 9.17) is 0 Å². The van der Waals surface area contributed by atoms with Gasteiger partial charge in [0.1, 0.15) is 5.78 Å². The molecule has 3 heteroatoms. The molecule has 1 aliphatic rings. The maximum Gasteiger partial charge on any atom is 0.134 e. The largest absolute Gasteiger partial charge is 0.300 e. The molecule has 20 heavy (non-hydrogen) atoms. The van der Waals surface area contributed by atoms with E-state index >= 15 is 0 Å². The van der Waals surface area contributed by atoms with Crippen LogP contribution in [0.5, 0.6) is 0 Å². The van der Waals surface area contributed by atoms with E-state index in [2.05, 4.69) is 34.1 Å². The maximum absolute atomic E-state index is 11.6. The molecule has 3 nitrogen and oxygen atoms in total. The lowest BCUT2D eigenvalue weighted by molar-refractivity contribution is -0.122. The van der Waals surface area contributed by atoms with Crippen LogP contribution < -0.4 is 0 Å². The molecule has 0 amide bonds. The highest BCUT2D eigenvalue weighted by molar-refractivity contribution is 5.81. The summed E-state index contributed by atoms with van der Waals surface area (Å²) in [6.07, 6.45) is 4.00. The van der Waals surface area contributed by atoms with E-state index in [1.54, 1.807) is 6.92 Å². The monoisotopic (exact) mass is 268 g/mol. The van der Waals surface area contributed by atoms with E-state index in [0.29, 0.717) is 5.78 Å². The van der Waals surface area contributed by atoms with Gasteiger partial charge in [0.05, 0.1) is 5.52 Å². The number of hydrogen-bond donors (Lipinski definition) is 0. The van der Waals surface area contributed by atoms with Crippen molar-refractivity contribution in [2.45, 2.75) is 26.3 Å². The highest BCUT2D eigenvalue weighted by atomic mass is 16.1. The van der Waals surface area contributed by atoms with Gasteiger partial charge in [0.25, 0.3) is 0 Å². The summed E-state index contributed by atoms with van der Waals surface area (Å²) in [5.41, 5.74) is 2.34. The van der Waals surface area contributed by atoms with Gasteiger partial charge >= 0.3 is 0 Å². The molecular weight excluding hydrogens is 248 g/mol. The standard InChI is InChI=1S/C17H20N2O/c1-13(20)15-8-4-10-19(11-15)12-16-6-2-5-14-7-3-9-18-17(14)16/h2-3,5-7,9,15H,4,8,10-12H2,1H3. The first-order valence-corrected chi connectivity index (χ1v) is 7.29. The quantitative estimate of drug-likeness (QED) is 0.858. The number of piperidine rings is 1. The fraction of sp³-hybridized carbons (Fsp3) is 0.412. The van der Waals surface area contributed by atoms with Crippen LogP contribution >= 0.6 is 0 Å². The van der Waals surface area contributed by atoms with Gasteiger partial charge < -0.3 is 0 Å². The molecule has 1 fully saturated rings. The number of Topliss-reactive ketones (excluding diaryl/α,β-unsaturated/α-hetero) is 1. The van der Waals surface area contributed by atoms with Crippen molar-refractivity contribution in [3.8, 4) is 0 Å². The SMILES string of the molecule is CC(=O)C1CCCN(Cc2cccc3cccnc23)C1. The van der Waals surface area contributed by atoms with Gasteiger partial charge in [-0.25, -0.2) is 0 Å². The highest BCUT2D eigenvalue weighted by Crippen LogP contribution is 2.22. The minimum Gasteiger partial charge on any atom is -0.300 e. The molecule has 1 atom stereocenters. The number of carbonyl (C=O) groups is 1. The topological polar surface area (TPSA) is 33.2 Å². The minimum absolute atomic E-state index is 0.215. The second kappa shape index (κ2) is 5.71. The summed E-state index contributed by atoms with van der Waals surface area (Å²) < 4.78 is 0. The van der Waals surface area contributed by atoms with Gasteiger partial charge in [-0.2, -0.15) is 0 Å². The smallest absolute Gasteiger partial charge is 0.134 e. The van der Waals surface area contributed by atoms with Gasteiger partial charge in [-0.1, -0.05) is 24.3 Å². The van der Waals surface area contributed by atoms with Crippen molar-refractivity contribution in [2.24, 2.45) is 5.92 Å². The molecule has 1 unspecified atom stereocenters. The Morgan fingerprint density at radius 1 is 1.35 bits per heavy atom. The number of nitrogens with zero attached hydrogens (tertiary/aromatic N) is 2. The predicted molar refractivity (Wildman–Crippen MR) is 80.4 cm³/mol. The van der Waals surface area contributed by atoms with Gasteiger partial charge in [0, 0.05) is 30.6 Å². The zero-order valence-corrected chi connectivity index (χ0v) is 11.9. The molecule has 0 saturated carbocycles. The fourth-order valence-electron chi connectivity index (χ4n) is 3.07. The summed E-state index contributed by atoms with van der Waals surface area (Å²) in [7, 11) is 0. The highest BCUT2D eigenvalue weighted by Gasteiger charge is 2.23. The molecule has 1 aromatic carbocycles. The molecule has 1 aromatic heterocycles. The van der Waals surface area contributed by atoms with Crippen molar-refractivity contribution in [3.63, 3.8) is 0 Å². The molecule has 0 spiro atoms. The first-order chi connectivity index (χ1) is 9.74. The first-order valence-electron chi connectivity index (χ1n) is 7.29. The Hall–Kier alpha value is -1.74. The molecule has 0 N–H and O–H groups in total. The van der Waals surface area contributed by atoms with E-state index in [-0.39, 0.29) is 5.92 Å². The second-order valence-corrected chi connectivity index (χ2v) is 5.68. The summed E-state index contributed by atoms with van der Waals surface area (Å²) in [5.74, 6) is 0.539. The Morgan fingerprint density at radius 3 is 3.05 bits per heavy atom. The number of likely N-dealkylation sites (tertiary alicyclic amines) is 1. The lowest BCUT2D eigenvalue weighted by Crippen LogP contribution is -2.37. The Morgan fingerprint density at radius 2 is 2.20 bits per heavy atom. The fourth-order valence-corrected chi connectivity index (χ4v) is 3.07. The Bertz CT molecular complexity index is 618. The van der Waals surface area contributed by atoms with Crippen LogP contribution in [0, 0.1) is 5.92 Å². The van der Waals surface area contributed by atoms with Crippen molar-refractivity contribution < 1.29 is 4.79 Å². The number of rotatable bonds is 3. The van der Waals surface area contributed by atoms with Crippen LogP contribution in [-0.4, -0.2) is 28.8 Å². The van der Waals surface area contributed by atoms with E-state index in [9.17, 15) is 4.79 Å². The lowest BCUT2D eigenvalue weighted by atomic mass is 9.94. The Labute approximate surface area is 119 Å². The number of ketones is 1. The van der Waals surface area contributed by atoms with E-state index in [1.807, 2.05) is 12.3 Å². The Kier molecular flexibility index (Phi) is 3.79. The van der Waals surface area contributed by atoms with Crippen LogP contribution in [-0.2, 0) is 11.3 Å². The summed E-state index contributed by atoms with van der Waals surface area (Å²) in [6, 6.07) is 10.4. The van der Waals surface area contributed by atoms with E-state index < -0.39 is 0 Å². The van der Waals surface area contributed by atoms with Gasteiger partial charge in [-0.3, -0.25) is 14.7 Å². The molecule has 1 aliphatic heterocycles. The number of benzene rings is 1. The maximum atomic E-state index is 11.6.